The van der Waals surface area contributed by atoms with Crippen molar-refractivity contribution in [1.82, 2.24) is 25.4 Å². The molecule has 0 radical (unpaired) electrons. The van der Waals surface area contributed by atoms with Crippen LogP contribution in [0.2, 0.25) is 0 Å². The molecular formula is C24H26N6O3S. The minimum absolute atomic E-state index is 0.163. The van der Waals surface area contributed by atoms with Crippen LogP contribution in [-0.2, 0) is 6.54 Å². The zero-order valence-corrected chi connectivity index (χ0v) is 19.5. The lowest BCUT2D eigenvalue weighted by Crippen LogP contribution is -2.46. The number of thioether (sulfide) groups is 1. The van der Waals surface area contributed by atoms with E-state index in [2.05, 4.69) is 30.3 Å². The molecule has 0 bridgehead atoms. The van der Waals surface area contributed by atoms with Crippen LogP contribution < -0.4 is 10.2 Å². The molecule has 0 spiro atoms. The van der Waals surface area contributed by atoms with Crippen molar-refractivity contribution in [2.75, 3.05) is 43.4 Å². The number of carbonyl (C=O) groups excluding carboxylic acids is 1. The number of rotatable bonds is 9. The Labute approximate surface area is 201 Å². The number of para-hydroxylation sites is 2. The molecule has 2 aromatic carbocycles. The first-order valence-corrected chi connectivity index (χ1v) is 12.3. The summed E-state index contributed by atoms with van der Waals surface area (Å²) < 4.78 is 11.5. The maximum atomic E-state index is 12.1. The van der Waals surface area contributed by atoms with E-state index in [0.29, 0.717) is 22.7 Å². The maximum Gasteiger partial charge on any atom is 0.298 e. The first-order chi connectivity index (χ1) is 16.7. The molecule has 176 valence electrons. The van der Waals surface area contributed by atoms with Gasteiger partial charge in [-0.25, -0.2) is 0 Å². The quantitative estimate of drug-likeness (QED) is 0.286. The summed E-state index contributed by atoms with van der Waals surface area (Å²) in [6.07, 6.45) is 1.02. The number of nitrogens with one attached hydrogen (secondary N) is 1. The van der Waals surface area contributed by atoms with Gasteiger partial charge in [-0.2, -0.15) is 4.98 Å². The largest absolute Gasteiger partial charge is 0.423 e. The summed E-state index contributed by atoms with van der Waals surface area (Å²) in [7, 11) is 0. The number of fused-ring (bicyclic) bond motifs is 1. The number of nitrogens with zero attached hydrogens (tertiary/aromatic N) is 5. The van der Waals surface area contributed by atoms with Gasteiger partial charge < -0.3 is 19.1 Å². The number of oxazole rings is 1. The smallest absolute Gasteiger partial charge is 0.298 e. The van der Waals surface area contributed by atoms with Crippen LogP contribution in [0.3, 0.4) is 0 Å². The molecule has 1 aliphatic rings. The van der Waals surface area contributed by atoms with E-state index >= 15 is 0 Å². The predicted molar refractivity (Wildman–Crippen MR) is 130 cm³/mol. The molecule has 1 N–H and O–H groups in total. The van der Waals surface area contributed by atoms with E-state index < -0.39 is 0 Å². The highest BCUT2D eigenvalue weighted by atomic mass is 32.2. The van der Waals surface area contributed by atoms with E-state index in [1.54, 1.807) is 23.9 Å². The number of aromatic nitrogens is 3. The summed E-state index contributed by atoms with van der Waals surface area (Å²) >= 11 is 1.55. The lowest BCUT2D eigenvalue weighted by atomic mass is 10.2. The van der Waals surface area contributed by atoms with Crippen LogP contribution in [0.4, 0.5) is 6.01 Å². The van der Waals surface area contributed by atoms with Gasteiger partial charge in [0.1, 0.15) is 5.52 Å². The van der Waals surface area contributed by atoms with Crippen LogP contribution in [0.1, 0.15) is 22.7 Å². The summed E-state index contributed by atoms with van der Waals surface area (Å²) in [6, 6.07) is 17.6. The van der Waals surface area contributed by atoms with Gasteiger partial charge in [-0.3, -0.25) is 9.69 Å². The van der Waals surface area contributed by atoms with E-state index in [0.717, 1.165) is 56.0 Å². The normalized spacial score (nSPS) is 14.5. The van der Waals surface area contributed by atoms with Crippen molar-refractivity contribution in [1.29, 1.82) is 0 Å². The van der Waals surface area contributed by atoms with Crippen molar-refractivity contribution in [2.45, 2.75) is 18.2 Å². The third-order valence-electron chi connectivity index (χ3n) is 5.65. The van der Waals surface area contributed by atoms with Gasteiger partial charge >= 0.3 is 0 Å². The van der Waals surface area contributed by atoms with Gasteiger partial charge in [-0.1, -0.05) is 42.1 Å². The summed E-state index contributed by atoms with van der Waals surface area (Å²) in [4.78, 5) is 21.4. The van der Waals surface area contributed by atoms with E-state index in [-0.39, 0.29) is 12.5 Å². The summed E-state index contributed by atoms with van der Waals surface area (Å²) in [5.41, 5.74) is 2.34. The van der Waals surface area contributed by atoms with Crippen molar-refractivity contribution in [3.63, 3.8) is 0 Å². The first-order valence-electron chi connectivity index (χ1n) is 11.4. The molecule has 2 aromatic heterocycles. The fourth-order valence-electron chi connectivity index (χ4n) is 3.82. The topological polar surface area (TPSA) is 101 Å². The molecule has 0 atom stereocenters. The summed E-state index contributed by atoms with van der Waals surface area (Å²) in [6.45, 7) is 5.00. The van der Waals surface area contributed by atoms with E-state index in [4.69, 9.17) is 8.83 Å². The Morgan fingerprint density at radius 1 is 0.971 bits per heavy atom. The van der Waals surface area contributed by atoms with Crippen LogP contribution >= 0.6 is 11.8 Å². The number of anilines is 1. The third-order valence-corrected chi connectivity index (χ3v) is 6.56. The maximum absolute atomic E-state index is 12.1. The number of carbonyl (C=O) groups is 1. The molecular weight excluding hydrogens is 452 g/mol. The van der Waals surface area contributed by atoms with Crippen LogP contribution in [0.5, 0.6) is 0 Å². The Morgan fingerprint density at radius 3 is 2.59 bits per heavy atom. The standard InChI is InChI=1S/C24H26N6O3S/c31-22(18-7-2-1-3-8-18)25-17-21-27-28-24(33-21)34-16-6-11-29-12-14-30(15-13-29)23-26-19-9-4-5-10-20(19)32-23/h1-5,7-10H,6,11-17H2,(H,25,31). The molecule has 34 heavy (non-hydrogen) atoms. The zero-order chi connectivity index (χ0) is 23.2. The van der Waals surface area contributed by atoms with Gasteiger partial charge in [0.15, 0.2) is 5.58 Å². The highest BCUT2D eigenvalue weighted by Crippen LogP contribution is 2.23. The van der Waals surface area contributed by atoms with Crippen molar-refractivity contribution < 1.29 is 13.6 Å². The molecule has 0 aliphatic carbocycles. The minimum Gasteiger partial charge on any atom is -0.423 e. The molecule has 1 saturated heterocycles. The summed E-state index contributed by atoms with van der Waals surface area (Å²) in [5, 5.41) is 11.4. The van der Waals surface area contributed by atoms with Crippen LogP contribution in [0, 0.1) is 0 Å². The summed E-state index contributed by atoms with van der Waals surface area (Å²) in [5.74, 6) is 1.13. The Kier molecular flexibility index (Phi) is 7.06. The Balaban J connectivity index is 0.994. The van der Waals surface area contributed by atoms with Crippen LogP contribution in [0.25, 0.3) is 11.1 Å². The number of hydrogen-bond donors (Lipinski definition) is 1. The lowest BCUT2D eigenvalue weighted by molar-refractivity contribution is 0.0946. The third kappa shape index (κ3) is 5.57. The highest BCUT2D eigenvalue weighted by Gasteiger charge is 2.20. The monoisotopic (exact) mass is 478 g/mol. The van der Waals surface area contributed by atoms with Gasteiger partial charge in [-0.05, 0) is 37.2 Å². The Bertz CT molecular complexity index is 1190. The number of piperazine rings is 1. The second-order valence-corrected chi connectivity index (χ2v) is 9.05. The molecule has 0 unspecified atom stereocenters. The molecule has 4 aromatic rings. The zero-order valence-electron chi connectivity index (χ0n) is 18.7. The van der Waals surface area contributed by atoms with E-state index in [9.17, 15) is 4.79 Å². The molecule has 0 saturated carbocycles. The van der Waals surface area contributed by atoms with Gasteiger partial charge in [0.05, 0.1) is 6.54 Å². The van der Waals surface area contributed by atoms with Crippen LogP contribution in [-0.4, -0.2) is 64.5 Å². The van der Waals surface area contributed by atoms with Gasteiger partial charge in [0.2, 0.25) is 5.89 Å². The molecule has 10 heteroatoms. The Morgan fingerprint density at radius 2 is 1.76 bits per heavy atom. The average molecular weight is 479 g/mol. The molecule has 1 aliphatic heterocycles. The molecule has 1 amide bonds. The first kappa shape index (κ1) is 22.4. The molecule has 9 nitrogen and oxygen atoms in total. The number of amides is 1. The van der Waals surface area contributed by atoms with Crippen molar-refractivity contribution in [3.05, 3.63) is 66.1 Å². The lowest BCUT2D eigenvalue weighted by Gasteiger charge is -2.33. The minimum atomic E-state index is -0.163. The van der Waals surface area contributed by atoms with Gasteiger partial charge in [0.25, 0.3) is 17.1 Å². The average Bonchev–Trinajstić information content (AvgIpc) is 3.53. The Hall–Kier alpha value is -3.37. The fraction of sp³-hybridized carbons (Fsp3) is 0.333. The predicted octanol–water partition coefficient (Wildman–Crippen LogP) is 3.45. The SMILES string of the molecule is O=C(NCc1nnc(SCCCN2CCN(c3nc4ccccc4o3)CC2)o1)c1ccccc1. The van der Waals surface area contributed by atoms with E-state index in [1.807, 2.05) is 42.5 Å². The fourth-order valence-corrected chi connectivity index (χ4v) is 4.52. The van der Waals surface area contributed by atoms with Crippen LogP contribution in [0.15, 0.2) is 68.7 Å². The van der Waals surface area contributed by atoms with Crippen molar-refractivity contribution >= 4 is 34.8 Å². The second kappa shape index (κ2) is 10.7. The van der Waals surface area contributed by atoms with Crippen molar-refractivity contribution in [2.24, 2.45) is 0 Å². The van der Waals surface area contributed by atoms with Gasteiger partial charge in [-0.15, -0.1) is 10.2 Å². The number of hydrogen-bond acceptors (Lipinski definition) is 9. The van der Waals surface area contributed by atoms with Crippen molar-refractivity contribution in [3.8, 4) is 0 Å². The second-order valence-electron chi connectivity index (χ2n) is 8.01. The molecule has 3 heterocycles. The van der Waals surface area contributed by atoms with Gasteiger partial charge in [0, 0.05) is 37.5 Å². The molecule has 1 fully saturated rings. The number of benzene rings is 2. The highest BCUT2D eigenvalue weighted by molar-refractivity contribution is 7.99. The van der Waals surface area contributed by atoms with E-state index in [1.165, 1.54) is 0 Å². The molecule has 5 rings (SSSR count).